The molecule has 0 saturated carbocycles. The maximum Gasteiger partial charge on any atom is 0.196 e. The molecule has 0 aliphatic carbocycles. The number of carbonyl (C=O) groups is 1. The monoisotopic (exact) mass is 347 g/mol. The molecular formula is C17H11Cl2NOS. The lowest BCUT2D eigenvalue weighted by Gasteiger charge is -2.02. The SMILES string of the molecule is Nc1sc(-c2ccccc2)cc1C(=O)c1ccc(Cl)c(Cl)c1. The number of rotatable bonds is 3. The second-order valence-electron chi connectivity index (χ2n) is 4.71. The van der Waals surface area contributed by atoms with Crippen LogP contribution in [0.2, 0.25) is 10.0 Å². The molecule has 110 valence electrons. The van der Waals surface area contributed by atoms with E-state index in [0.717, 1.165) is 10.4 Å². The van der Waals surface area contributed by atoms with Gasteiger partial charge in [-0.15, -0.1) is 11.3 Å². The molecule has 0 unspecified atom stereocenters. The minimum atomic E-state index is -0.158. The zero-order valence-corrected chi connectivity index (χ0v) is 13.7. The summed E-state index contributed by atoms with van der Waals surface area (Å²) < 4.78 is 0. The van der Waals surface area contributed by atoms with Gasteiger partial charge in [0.15, 0.2) is 5.78 Å². The summed E-state index contributed by atoms with van der Waals surface area (Å²) in [6.07, 6.45) is 0. The maximum absolute atomic E-state index is 12.6. The minimum Gasteiger partial charge on any atom is -0.390 e. The fourth-order valence-electron chi connectivity index (χ4n) is 2.12. The van der Waals surface area contributed by atoms with E-state index in [4.69, 9.17) is 28.9 Å². The van der Waals surface area contributed by atoms with Gasteiger partial charge in [-0.1, -0.05) is 53.5 Å². The Bertz CT molecular complexity index is 843. The largest absolute Gasteiger partial charge is 0.390 e. The molecule has 2 N–H and O–H groups in total. The van der Waals surface area contributed by atoms with Gasteiger partial charge in [0.25, 0.3) is 0 Å². The number of hydrogen-bond acceptors (Lipinski definition) is 3. The smallest absolute Gasteiger partial charge is 0.196 e. The van der Waals surface area contributed by atoms with Crippen LogP contribution in [-0.4, -0.2) is 5.78 Å². The van der Waals surface area contributed by atoms with Crippen molar-refractivity contribution in [3.8, 4) is 10.4 Å². The first kappa shape index (κ1) is 15.1. The van der Waals surface area contributed by atoms with E-state index in [0.29, 0.717) is 26.2 Å². The summed E-state index contributed by atoms with van der Waals surface area (Å²) in [6.45, 7) is 0. The van der Waals surface area contributed by atoms with Crippen molar-refractivity contribution in [1.82, 2.24) is 0 Å². The van der Waals surface area contributed by atoms with E-state index < -0.39 is 0 Å². The molecule has 0 saturated heterocycles. The van der Waals surface area contributed by atoms with Crippen molar-refractivity contribution in [2.75, 3.05) is 5.73 Å². The van der Waals surface area contributed by atoms with Gasteiger partial charge in [-0.2, -0.15) is 0 Å². The number of hydrogen-bond donors (Lipinski definition) is 1. The summed E-state index contributed by atoms with van der Waals surface area (Å²) in [5, 5.41) is 1.26. The van der Waals surface area contributed by atoms with Crippen molar-refractivity contribution in [2.24, 2.45) is 0 Å². The molecule has 0 radical (unpaired) electrons. The molecule has 0 bridgehead atoms. The highest BCUT2D eigenvalue weighted by Crippen LogP contribution is 2.35. The van der Waals surface area contributed by atoms with Gasteiger partial charge < -0.3 is 5.73 Å². The highest BCUT2D eigenvalue weighted by molar-refractivity contribution is 7.19. The van der Waals surface area contributed by atoms with Gasteiger partial charge in [-0.3, -0.25) is 4.79 Å². The van der Waals surface area contributed by atoms with Crippen molar-refractivity contribution in [3.63, 3.8) is 0 Å². The molecule has 1 heterocycles. The number of carbonyl (C=O) groups excluding carboxylic acids is 1. The van der Waals surface area contributed by atoms with Crippen molar-refractivity contribution >= 4 is 45.3 Å². The van der Waals surface area contributed by atoms with Crippen LogP contribution >= 0.6 is 34.5 Å². The Hall–Kier alpha value is -1.81. The summed E-state index contributed by atoms with van der Waals surface area (Å²) in [6, 6.07) is 16.5. The van der Waals surface area contributed by atoms with Crippen LogP contribution in [0.15, 0.2) is 54.6 Å². The third-order valence-corrected chi connectivity index (χ3v) is 5.00. The van der Waals surface area contributed by atoms with Gasteiger partial charge in [-0.25, -0.2) is 0 Å². The van der Waals surface area contributed by atoms with Gasteiger partial charge in [0.2, 0.25) is 0 Å². The van der Waals surface area contributed by atoms with Crippen molar-refractivity contribution in [2.45, 2.75) is 0 Å². The Morgan fingerprint density at radius 2 is 1.68 bits per heavy atom. The van der Waals surface area contributed by atoms with E-state index in [9.17, 15) is 4.79 Å². The third-order valence-electron chi connectivity index (χ3n) is 3.25. The van der Waals surface area contributed by atoms with Crippen LogP contribution in [0.4, 0.5) is 5.00 Å². The number of anilines is 1. The van der Waals surface area contributed by atoms with Crippen molar-refractivity contribution in [3.05, 3.63) is 75.8 Å². The van der Waals surface area contributed by atoms with Gasteiger partial charge >= 0.3 is 0 Å². The lowest BCUT2D eigenvalue weighted by molar-refractivity contribution is 0.104. The first-order valence-corrected chi connectivity index (χ1v) is 8.08. The van der Waals surface area contributed by atoms with E-state index in [1.165, 1.54) is 11.3 Å². The Labute approximate surface area is 142 Å². The average Bonchev–Trinajstić information content (AvgIpc) is 2.92. The predicted molar refractivity (Wildman–Crippen MR) is 94.1 cm³/mol. The zero-order valence-electron chi connectivity index (χ0n) is 11.3. The number of benzene rings is 2. The summed E-state index contributed by atoms with van der Waals surface area (Å²) in [7, 11) is 0. The quantitative estimate of drug-likeness (QED) is 0.632. The number of halogens is 2. The highest BCUT2D eigenvalue weighted by Gasteiger charge is 2.17. The molecule has 1 aromatic heterocycles. The Kier molecular flexibility index (Phi) is 4.21. The van der Waals surface area contributed by atoms with E-state index in [2.05, 4.69) is 0 Å². The standard InChI is InChI=1S/C17H11Cl2NOS/c18-13-7-6-11(8-14(13)19)16(21)12-9-15(22-17(12)20)10-4-2-1-3-5-10/h1-9H,20H2. The molecule has 0 amide bonds. The van der Waals surface area contributed by atoms with Gasteiger partial charge in [-0.05, 0) is 29.8 Å². The van der Waals surface area contributed by atoms with Gasteiger partial charge in [0.1, 0.15) is 0 Å². The molecule has 2 nitrogen and oxygen atoms in total. The summed E-state index contributed by atoms with van der Waals surface area (Å²) >= 11 is 13.3. The first-order chi connectivity index (χ1) is 10.6. The second-order valence-corrected chi connectivity index (χ2v) is 6.61. The van der Waals surface area contributed by atoms with Crippen LogP contribution in [0.25, 0.3) is 10.4 Å². The lowest BCUT2D eigenvalue weighted by atomic mass is 10.0. The van der Waals surface area contributed by atoms with Crippen LogP contribution < -0.4 is 5.73 Å². The summed E-state index contributed by atoms with van der Waals surface area (Å²) in [4.78, 5) is 13.6. The molecule has 0 aliphatic rings. The highest BCUT2D eigenvalue weighted by atomic mass is 35.5. The molecule has 2 aromatic carbocycles. The topological polar surface area (TPSA) is 43.1 Å². The fraction of sp³-hybridized carbons (Fsp3) is 0. The Morgan fingerprint density at radius 1 is 0.955 bits per heavy atom. The number of nitrogen functional groups attached to an aromatic ring is 1. The fourth-order valence-corrected chi connectivity index (χ4v) is 3.35. The summed E-state index contributed by atoms with van der Waals surface area (Å²) in [5.74, 6) is -0.158. The van der Waals surface area contributed by atoms with Crippen LogP contribution in [0.3, 0.4) is 0 Å². The molecule has 0 aliphatic heterocycles. The predicted octanol–water partition coefficient (Wildman–Crippen LogP) is 5.54. The molecule has 5 heteroatoms. The molecule has 0 fully saturated rings. The second kappa shape index (κ2) is 6.13. The lowest BCUT2D eigenvalue weighted by Crippen LogP contribution is -2.02. The van der Waals surface area contributed by atoms with E-state index >= 15 is 0 Å². The number of thiophene rings is 1. The van der Waals surface area contributed by atoms with Gasteiger partial charge in [0.05, 0.1) is 20.6 Å². The summed E-state index contributed by atoms with van der Waals surface area (Å²) in [5.41, 5.74) is 8.02. The normalized spacial score (nSPS) is 10.6. The van der Waals surface area contributed by atoms with Crippen LogP contribution in [0.5, 0.6) is 0 Å². The third kappa shape index (κ3) is 2.88. The minimum absolute atomic E-state index is 0.158. The molecule has 0 atom stereocenters. The molecule has 3 rings (SSSR count). The van der Waals surface area contributed by atoms with Crippen LogP contribution in [0.1, 0.15) is 15.9 Å². The van der Waals surface area contributed by atoms with E-state index in [1.54, 1.807) is 18.2 Å². The van der Waals surface area contributed by atoms with E-state index in [-0.39, 0.29) is 5.78 Å². The average molecular weight is 348 g/mol. The number of nitrogens with two attached hydrogens (primary N) is 1. The van der Waals surface area contributed by atoms with Crippen molar-refractivity contribution < 1.29 is 4.79 Å². The maximum atomic E-state index is 12.6. The molecule has 22 heavy (non-hydrogen) atoms. The van der Waals surface area contributed by atoms with Gasteiger partial charge in [0, 0.05) is 10.4 Å². The molecule has 0 spiro atoms. The van der Waals surface area contributed by atoms with Crippen LogP contribution in [-0.2, 0) is 0 Å². The van der Waals surface area contributed by atoms with Crippen LogP contribution in [0, 0.1) is 0 Å². The Morgan fingerprint density at radius 3 is 2.36 bits per heavy atom. The molecule has 3 aromatic rings. The zero-order chi connectivity index (χ0) is 15.7. The van der Waals surface area contributed by atoms with E-state index in [1.807, 2.05) is 36.4 Å². The number of ketones is 1. The van der Waals surface area contributed by atoms with Crippen molar-refractivity contribution in [1.29, 1.82) is 0 Å². The first-order valence-electron chi connectivity index (χ1n) is 6.51. The molecular weight excluding hydrogens is 337 g/mol. The Balaban J connectivity index is 2.00.